The molecule has 0 aliphatic carbocycles. The second-order valence-electron chi connectivity index (χ2n) is 9.93. The van der Waals surface area contributed by atoms with Crippen molar-refractivity contribution < 1.29 is 41.3 Å². The highest BCUT2D eigenvalue weighted by atomic mass is 28.3. The fourth-order valence-corrected chi connectivity index (χ4v) is 2.01. The van der Waals surface area contributed by atoms with Crippen molar-refractivity contribution in [2.24, 2.45) is 0 Å². The van der Waals surface area contributed by atoms with E-state index in [-0.39, 0.29) is 22.6 Å². The largest absolute Gasteiger partial charge is 0.481 e. The van der Waals surface area contributed by atoms with Crippen molar-refractivity contribution in [2.75, 3.05) is 25.0 Å². The third-order valence-corrected chi connectivity index (χ3v) is 4.41. The fourth-order valence-electron chi connectivity index (χ4n) is 2.01. The first-order chi connectivity index (χ1) is 21.9. The lowest BCUT2D eigenvalue weighted by molar-refractivity contribution is -0.134. The number of amides is 2. The van der Waals surface area contributed by atoms with Gasteiger partial charge in [0.05, 0.1) is 11.1 Å². The Morgan fingerprint density at radius 2 is 1.35 bits per heavy atom. The number of ketones is 1. The quantitative estimate of drug-likeness (QED) is 0.177. The van der Waals surface area contributed by atoms with Gasteiger partial charge in [-0.2, -0.15) is 0 Å². The molecule has 0 aromatic heterocycles. The summed E-state index contributed by atoms with van der Waals surface area (Å²) in [5, 5.41) is 21.8. The summed E-state index contributed by atoms with van der Waals surface area (Å²) in [6, 6.07) is 7.02. The molecule has 0 saturated heterocycles. The average Bonchev–Trinajstić information content (AvgIpc) is 2.86. The SMILES string of the molecule is CC(=O)O.CC(C)=O.C[Si](C)(C)C#N.[2H]C([2H])([2H])NC(=O)c1ccc(N)cc1F.[2H]C([2H])([2H])NC(=O)c1ccc(NC(C)(C)[N+]#[C-])cc1F. The van der Waals surface area contributed by atoms with Crippen LogP contribution in [-0.4, -0.2) is 56.4 Å². The minimum atomic E-state index is -2.67. The number of benzene rings is 2. The Hall–Kier alpha value is -4.82. The standard InChI is InChI=1S/C12H14FN3O.C8H9FN2O.C4H9NSi.C3H6O.C2H4O2/c1-12(2,15-4)16-8-5-6-9(10(13)7-8)11(17)14-3;1-11-8(12)6-3-2-5(10)4-7(6)9;1-6(2,3)4-5;1-3(2)4;1-2(3)4/h5-7,16H,1-3H3,(H,14,17);2-4H,10H2,1H3,(H,11,12);1-3H3;1-2H3;1H3,(H,3,4)/i3D3;1D3;;;. The second kappa shape index (κ2) is 21.0. The Bertz CT molecular complexity index is 1500. The maximum absolute atomic E-state index is 13.8. The van der Waals surface area contributed by atoms with Crippen LogP contribution in [0, 0.1) is 29.2 Å². The van der Waals surface area contributed by atoms with Gasteiger partial charge in [-0.25, -0.2) is 20.6 Å². The second-order valence-corrected chi connectivity index (χ2v) is 14.7. The summed E-state index contributed by atoms with van der Waals surface area (Å²) in [5.74, 6) is -4.39. The van der Waals surface area contributed by atoms with Gasteiger partial charge in [0, 0.05) is 60.0 Å². The molecule has 0 spiro atoms. The molecule has 2 rings (SSSR count). The van der Waals surface area contributed by atoms with Crippen molar-refractivity contribution in [2.45, 2.75) is 59.9 Å². The summed E-state index contributed by atoms with van der Waals surface area (Å²) in [6.45, 7) is 15.1. The number of carbonyl (C=O) groups is 4. The van der Waals surface area contributed by atoms with Gasteiger partial charge in [0.1, 0.15) is 17.4 Å². The molecule has 0 saturated carbocycles. The smallest absolute Gasteiger partial charge is 0.300 e. The molecule has 6 N–H and O–H groups in total. The van der Waals surface area contributed by atoms with Crippen molar-refractivity contribution in [3.63, 3.8) is 0 Å². The van der Waals surface area contributed by atoms with E-state index in [1.165, 1.54) is 32.0 Å². The number of rotatable bonds is 4. The van der Waals surface area contributed by atoms with Crippen molar-refractivity contribution >= 4 is 43.0 Å². The number of nitrogens with two attached hydrogens (primary N) is 1. The van der Waals surface area contributed by atoms with E-state index in [2.05, 4.69) is 15.9 Å². The minimum Gasteiger partial charge on any atom is -0.481 e. The predicted octanol–water partition coefficient (Wildman–Crippen LogP) is 5.09. The van der Waals surface area contributed by atoms with E-state index in [1.54, 1.807) is 24.5 Å². The molecular weight excluding hydrogens is 578 g/mol. The van der Waals surface area contributed by atoms with Gasteiger partial charge in [-0.05, 0) is 50.2 Å². The predicted molar refractivity (Wildman–Crippen MR) is 167 cm³/mol. The van der Waals surface area contributed by atoms with Crippen molar-refractivity contribution in [1.82, 2.24) is 10.6 Å². The number of carbonyl (C=O) groups excluding carboxylic acids is 3. The monoisotopic (exact) mass is 626 g/mol. The first-order valence-corrected chi connectivity index (χ1v) is 15.6. The zero-order chi connectivity index (χ0) is 39.6. The lowest BCUT2D eigenvalue weighted by atomic mass is 10.1. The van der Waals surface area contributed by atoms with Crippen LogP contribution in [0.2, 0.25) is 19.6 Å². The molecule has 0 radical (unpaired) electrons. The van der Waals surface area contributed by atoms with Crippen LogP contribution in [0.25, 0.3) is 4.85 Å². The molecule has 0 bridgehead atoms. The average molecular weight is 627 g/mol. The molecule has 236 valence electrons. The Balaban J connectivity index is -0.000000635. The summed E-state index contributed by atoms with van der Waals surface area (Å²) >= 11 is 0. The molecule has 0 aliphatic rings. The highest BCUT2D eigenvalue weighted by Crippen LogP contribution is 2.19. The van der Waals surface area contributed by atoms with Gasteiger partial charge in [-0.3, -0.25) is 19.2 Å². The van der Waals surface area contributed by atoms with E-state index in [0.29, 0.717) is 5.69 Å². The Labute approximate surface area is 261 Å². The lowest BCUT2D eigenvalue weighted by Crippen LogP contribution is -2.26. The molecule has 0 fully saturated rings. The van der Waals surface area contributed by atoms with Crippen LogP contribution in [0.4, 0.5) is 20.2 Å². The van der Waals surface area contributed by atoms with E-state index >= 15 is 0 Å². The molecule has 0 atom stereocenters. The Kier molecular flexibility index (Phi) is 15.2. The molecule has 0 unspecified atom stereocenters. The molecule has 0 aliphatic heterocycles. The van der Waals surface area contributed by atoms with Crippen LogP contribution in [0.3, 0.4) is 0 Å². The first-order valence-electron chi connectivity index (χ1n) is 15.1. The summed E-state index contributed by atoms with van der Waals surface area (Å²) in [6.07, 6.45) is 0. The number of hydrogen-bond acceptors (Lipinski definition) is 7. The number of carboxylic acids is 1. The zero-order valence-corrected chi connectivity index (χ0v) is 26.3. The number of halogens is 2. The van der Waals surface area contributed by atoms with Crippen LogP contribution in [0.1, 0.15) is 63.6 Å². The Morgan fingerprint density at radius 3 is 1.65 bits per heavy atom. The number of Topliss-reactive ketones (excluding diaryl/α,β-unsaturated/α-hetero) is 1. The summed E-state index contributed by atoms with van der Waals surface area (Å²) in [7, 11) is -1.33. The van der Waals surface area contributed by atoms with Crippen LogP contribution < -0.4 is 21.7 Å². The van der Waals surface area contributed by atoms with Gasteiger partial charge in [0.25, 0.3) is 23.4 Å². The molecule has 0 heterocycles. The van der Waals surface area contributed by atoms with Crippen LogP contribution >= 0.6 is 0 Å². The fraction of sp³-hybridized carbons (Fsp3) is 0.379. The van der Waals surface area contributed by atoms with E-state index in [0.717, 1.165) is 25.1 Å². The number of nitrogens with one attached hydrogen (secondary N) is 3. The topological polar surface area (TPSA) is 179 Å². The zero-order valence-electron chi connectivity index (χ0n) is 31.3. The van der Waals surface area contributed by atoms with Crippen molar-refractivity contribution in [1.29, 1.82) is 5.26 Å². The summed E-state index contributed by atoms with van der Waals surface area (Å²) < 4.78 is 68.0. The third kappa shape index (κ3) is 23.6. The van der Waals surface area contributed by atoms with E-state index in [4.69, 9.17) is 35.7 Å². The molecule has 2 amide bonds. The molecule has 14 heteroatoms. The van der Waals surface area contributed by atoms with Crippen molar-refractivity contribution in [3.05, 3.63) is 70.6 Å². The highest BCUT2D eigenvalue weighted by molar-refractivity contribution is 6.83. The summed E-state index contributed by atoms with van der Waals surface area (Å²) in [4.78, 5) is 44.6. The van der Waals surface area contributed by atoms with E-state index < -0.39 is 57.1 Å². The van der Waals surface area contributed by atoms with Crippen LogP contribution in [0.15, 0.2) is 36.4 Å². The first kappa shape index (κ1) is 31.1. The number of nitrogen functional groups attached to an aromatic ring is 1. The van der Waals surface area contributed by atoms with E-state index in [1.807, 2.05) is 19.6 Å². The van der Waals surface area contributed by atoms with Gasteiger partial charge in [-0.15, -0.1) is 0 Å². The van der Waals surface area contributed by atoms with Gasteiger partial charge in [-0.1, -0.05) is 19.6 Å². The van der Waals surface area contributed by atoms with Crippen LogP contribution in [-0.2, 0) is 9.59 Å². The Morgan fingerprint density at radius 1 is 0.977 bits per heavy atom. The summed E-state index contributed by atoms with van der Waals surface area (Å²) in [5.41, 5.74) is 6.38. The van der Waals surface area contributed by atoms with E-state index in [9.17, 15) is 23.2 Å². The molecule has 43 heavy (non-hydrogen) atoms. The van der Waals surface area contributed by atoms with Crippen molar-refractivity contribution in [3.8, 4) is 5.69 Å². The maximum Gasteiger partial charge on any atom is 0.300 e. The number of nitriles is 1. The van der Waals surface area contributed by atoms with Gasteiger partial charge >= 0.3 is 0 Å². The van der Waals surface area contributed by atoms with Gasteiger partial charge in [0.2, 0.25) is 0 Å². The lowest BCUT2D eigenvalue weighted by Gasteiger charge is -2.15. The third-order valence-electron chi connectivity index (χ3n) is 3.74. The minimum absolute atomic E-state index is 0.165. The number of anilines is 2. The number of aliphatic carboxylic acids is 1. The number of hydrogen-bond donors (Lipinski definition) is 5. The number of nitrogens with zero attached hydrogens (tertiary/aromatic N) is 2. The molecule has 11 nitrogen and oxygen atoms in total. The van der Waals surface area contributed by atoms with Crippen LogP contribution in [0.5, 0.6) is 0 Å². The molecule has 2 aromatic carbocycles. The van der Waals surface area contributed by atoms with Gasteiger partial charge < -0.3 is 31.6 Å². The number of carboxylic acid groups (broad SMARTS) is 1. The molecular formula is C29H42F2N6O5Si. The highest BCUT2D eigenvalue weighted by Gasteiger charge is 2.22. The van der Waals surface area contributed by atoms with Gasteiger partial charge in [0.15, 0.2) is 8.07 Å². The maximum atomic E-state index is 13.8. The molecule has 2 aromatic rings. The normalized spacial score (nSPS) is 12.1.